The number of aliphatic imine (C=N–C) groups is 1. The van der Waals surface area contributed by atoms with Crippen LogP contribution in [0, 0.1) is 18.3 Å². The van der Waals surface area contributed by atoms with Crippen LogP contribution < -0.4 is 14.8 Å². The topological polar surface area (TPSA) is 59.9 Å². The minimum Gasteiger partial charge on any atom is -0.497 e. The Morgan fingerprint density at radius 3 is 2.60 bits per heavy atom. The number of aryl methyl sites for hydroxylation is 1. The summed E-state index contributed by atoms with van der Waals surface area (Å²) in [5.41, 5.74) is 4.72. The lowest BCUT2D eigenvalue weighted by Crippen LogP contribution is -2.27. The fourth-order valence-corrected chi connectivity index (χ4v) is 5.87. The molecular formula is C29H34N2O3S. The first kappa shape index (κ1) is 25.0. The second-order valence-corrected chi connectivity index (χ2v) is 11.2. The Morgan fingerprint density at radius 2 is 1.91 bits per heavy atom. The van der Waals surface area contributed by atoms with Crippen LogP contribution in [0.15, 0.2) is 47.5 Å². The number of rotatable bonds is 6. The molecule has 1 N–H and O–H groups in total. The molecule has 1 aromatic heterocycles. The van der Waals surface area contributed by atoms with Gasteiger partial charge < -0.3 is 14.8 Å². The van der Waals surface area contributed by atoms with Crippen molar-refractivity contribution in [2.24, 2.45) is 16.3 Å². The highest BCUT2D eigenvalue weighted by Gasteiger charge is 2.33. The maximum atomic E-state index is 13.6. The van der Waals surface area contributed by atoms with Gasteiger partial charge in [-0.3, -0.25) is 4.79 Å². The maximum Gasteiger partial charge on any atom is 0.259 e. The average Bonchev–Trinajstić information content (AvgIpc) is 3.21. The number of carbonyl (C=O) groups excluding carboxylic acids is 1. The quantitative estimate of drug-likeness (QED) is 0.371. The molecule has 3 aromatic rings. The van der Waals surface area contributed by atoms with Gasteiger partial charge >= 0.3 is 0 Å². The van der Waals surface area contributed by atoms with Gasteiger partial charge in [0.2, 0.25) is 0 Å². The summed E-state index contributed by atoms with van der Waals surface area (Å²) >= 11 is 1.64. The fraction of sp³-hybridized carbons (Fsp3) is 0.379. The molecule has 1 aliphatic rings. The smallest absolute Gasteiger partial charge is 0.259 e. The lowest BCUT2D eigenvalue weighted by atomic mass is 9.72. The summed E-state index contributed by atoms with van der Waals surface area (Å²) in [5, 5.41) is 3.87. The van der Waals surface area contributed by atoms with Crippen LogP contribution in [0.2, 0.25) is 0 Å². The van der Waals surface area contributed by atoms with E-state index in [1.165, 1.54) is 4.88 Å². The van der Waals surface area contributed by atoms with Crippen molar-refractivity contribution in [1.29, 1.82) is 0 Å². The Labute approximate surface area is 212 Å². The van der Waals surface area contributed by atoms with Crippen molar-refractivity contribution in [1.82, 2.24) is 0 Å². The van der Waals surface area contributed by atoms with Crippen LogP contribution in [-0.4, -0.2) is 26.3 Å². The molecule has 0 fully saturated rings. The Kier molecular flexibility index (Phi) is 7.31. The van der Waals surface area contributed by atoms with Gasteiger partial charge in [-0.25, -0.2) is 4.99 Å². The SMILES string of the molecule is COc1ccc(OC)c(C=Nc2sc3c(c2C(=O)Nc2ccccc2C)CC[C@@H](C(C)(C)C)C3)c1. The van der Waals surface area contributed by atoms with Gasteiger partial charge in [0.25, 0.3) is 5.91 Å². The Morgan fingerprint density at radius 1 is 1.14 bits per heavy atom. The molecule has 1 heterocycles. The largest absolute Gasteiger partial charge is 0.497 e. The van der Waals surface area contributed by atoms with E-state index in [9.17, 15) is 4.79 Å². The summed E-state index contributed by atoms with van der Waals surface area (Å²) in [6, 6.07) is 13.5. The van der Waals surface area contributed by atoms with E-state index in [4.69, 9.17) is 14.5 Å². The van der Waals surface area contributed by atoms with Crippen molar-refractivity contribution in [2.75, 3.05) is 19.5 Å². The minimum absolute atomic E-state index is 0.101. The normalized spacial score (nSPS) is 15.7. The van der Waals surface area contributed by atoms with Crippen molar-refractivity contribution in [3.63, 3.8) is 0 Å². The van der Waals surface area contributed by atoms with Gasteiger partial charge in [-0.15, -0.1) is 11.3 Å². The zero-order valence-corrected chi connectivity index (χ0v) is 22.2. The molecule has 184 valence electrons. The third-order valence-corrected chi connectivity index (χ3v) is 8.01. The van der Waals surface area contributed by atoms with Crippen molar-refractivity contribution in [2.45, 2.75) is 47.0 Å². The van der Waals surface area contributed by atoms with Crippen molar-refractivity contribution < 1.29 is 14.3 Å². The van der Waals surface area contributed by atoms with Crippen LogP contribution in [0.4, 0.5) is 10.7 Å². The number of hydrogen-bond donors (Lipinski definition) is 1. The van der Waals surface area contributed by atoms with Gasteiger partial charge in [-0.05, 0) is 72.9 Å². The molecule has 1 amide bonds. The van der Waals surface area contributed by atoms with Crippen molar-refractivity contribution in [3.05, 3.63) is 69.6 Å². The number of hydrogen-bond acceptors (Lipinski definition) is 5. The summed E-state index contributed by atoms with van der Waals surface area (Å²) in [6.07, 6.45) is 4.71. The van der Waals surface area contributed by atoms with E-state index in [2.05, 4.69) is 26.1 Å². The van der Waals surface area contributed by atoms with E-state index < -0.39 is 0 Å². The molecule has 0 unspecified atom stereocenters. The second-order valence-electron chi connectivity index (χ2n) is 10.1. The Bertz CT molecular complexity index is 1250. The molecule has 2 aromatic carbocycles. The number of para-hydroxylation sites is 1. The molecule has 4 rings (SSSR count). The summed E-state index contributed by atoms with van der Waals surface area (Å²) in [6.45, 7) is 8.91. The average molecular weight is 491 g/mol. The highest BCUT2D eigenvalue weighted by atomic mass is 32.1. The molecule has 0 bridgehead atoms. The highest BCUT2D eigenvalue weighted by molar-refractivity contribution is 7.16. The van der Waals surface area contributed by atoms with E-state index in [1.807, 2.05) is 49.4 Å². The zero-order valence-electron chi connectivity index (χ0n) is 21.4. The minimum atomic E-state index is -0.101. The zero-order chi connectivity index (χ0) is 25.2. The molecule has 0 saturated heterocycles. The predicted octanol–water partition coefficient (Wildman–Crippen LogP) is 7.23. The van der Waals surface area contributed by atoms with Gasteiger partial charge in [0.05, 0.1) is 19.8 Å². The van der Waals surface area contributed by atoms with E-state index in [-0.39, 0.29) is 11.3 Å². The molecule has 0 aliphatic heterocycles. The van der Waals surface area contributed by atoms with E-state index in [0.717, 1.165) is 52.4 Å². The second kappa shape index (κ2) is 10.2. The van der Waals surface area contributed by atoms with Crippen LogP contribution in [0.3, 0.4) is 0 Å². The molecule has 6 heteroatoms. The third-order valence-electron chi connectivity index (χ3n) is 6.85. The monoisotopic (exact) mass is 490 g/mol. The summed E-state index contributed by atoms with van der Waals surface area (Å²) < 4.78 is 10.9. The number of fused-ring (bicyclic) bond motifs is 1. The van der Waals surface area contributed by atoms with Crippen molar-refractivity contribution >= 4 is 34.1 Å². The first-order chi connectivity index (χ1) is 16.7. The Balaban J connectivity index is 1.75. The van der Waals surface area contributed by atoms with E-state index in [1.54, 1.807) is 31.8 Å². The number of ether oxygens (including phenoxy) is 2. The summed E-state index contributed by atoms with van der Waals surface area (Å²) in [5.74, 6) is 1.91. The molecule has 35 heavy (non-hydrogen) atoms. The molecular weight excluding hydrogens is 456 g/mol. The number of nitrogens with zero attached hydrogens (tertiary/aromatic N) is 1. The number of anilines is 1. The van der Waals surface area contributed by atoms with Gasteiger partial charge in [0.1, 0.15) is 16.5 Å². The van der Waals surface area contributed by atoms with Gasteiger partial charge in [0, 0.05) is 22.3 Å². The number of methoxy groups -OCH3 is 2. The Hall–Kier alpha value is -3.12. The number of benzene rings is 2. The first-order valence-corrected chi connectivity index (χ1v) is 12.8. The highest BCUT2D eigenvalue weighted by Crippen LogP contribution is 2.45. The van der Waals surface area contributed by atoms with Crippen molar-refractivity contribution in [3.8, 4) is 11.5 Å². The standard InChI is InChI=1S/C29H34N2O3S/c1-18-9-7-8-10-23(18)31-27(32)26-22-13-11-20(29(2,3)4)16-25(22)35-28(26)30-17-19-15-21(33-5)12-14-24(19)34-6/h7-10,12,14-15,17,20H,11,13,16H2,1-6H3,(H,31,32)/t20-/m1/s1. The molecule has 5 nitrogen and oxygen atoms in total. The van der Waals surface area contributed by atoms with Crippen LogP contribution in [-0.2, 0) is 12.8 Å². The van der Waals surface area contributed by atoms with Gasteiger partial charge in [-0.2, -0.15) is 0 Å². The molecule has 1 aliphatic carbocycles. The van der Waals surface area contributed by atoms with Crippen LogP contribution in [0.1, 0.15) is 59.1 Å². The first-order valence-electron chi connectivity index (χ1n) is 12.0. The summed E-state index contributed by atoms with van der Waals surface area (Å²) in [7, 11) is 3.27. The van der Waals surface area contributed by atoms with Gasteiger partial charge in [0.15, 0.2) is 0 Å². The van der Waals surface area contributed by atoms with E-state index >= 15 is 0 Å². The predicted molar refractivity (Wildman–Crippen MR) is 145 cm³/mol. The molecule has 0 radical (unpaired) electrons. The van der Waals surface area contributed by atoms with Crippen LogP contribution in [0.5, 0.6) is 11.5 Å². The number of amides is 1. The number of carbonyl (C=O) groups is 1. The lowest BCUT2D eigenvalue weighted by molar-refractivity contribution is 0.102. The lowest BCUT2D eigenvalue weighted by Gasteiger charge is -2.33. The molecule has 0 spiro atoms. The fourth-order valence-electron chi connectivity index (χ4n) is 4.60. The maximum absolute atomic E-state index is 13.6. The third kappa shape index (κ3) is 5.43. The number of thiophene rings is 1. The molecule has 0 saturated carbocycles. The van der Waals surface area contributed by atoms with Crippen LogP contribution >= 0.6 is 11.3 Å². The number of nitrogens with one attached hydrogen (secondary N) is 1. The summed E-state index contributed by atoms with van der Waals surface area (Å²) in [4.78, 5) is 19.7. The van der Waals surface area contributed by atoms with E-state index in [0.29, 0.717) is 17.2 Å². The molecule has 1 atom stereocenters. The van der Waals surface area contributed by atoms with Crippen LogP contribution in [0.25, 0.3) is 0 Å². The van der Waals surface area contributed by atoms with Gasteiger partial charge in [-0.1, -0.05) is 39.0 Å².